The van der Waals surface area contributed by atoms with Crippen molar-refractivity contribution in [3.8, 4) is 0 Å². The second kappa shape index (κ2) is 3.52. The van der Waals surface area contributed by atoms with Crippen LogP contribution in [-0.2, 0) is 10.0 Å². The Bertz CT molecular complexity index is 252. The number of nitrogens with zero attached hydrogens (tertiary/aromatic N) is 1. The first-order valence-corrected chi connectivity index (χ1v) is 6.39. The van der Waals surface area contributed by atoms with E-state index in [1.165, 1.54) is 10.6 Å². The maximum absolute atomic E-state index is 11.3. The summed E-state index contributed by atoms with van der Waals surface area (Å²) in [5.74, 6) is 0.400. The lowest BCUT2D eigenvalue weighted by molar-refractivity contribution is 0.355. The van der Waals surface area contributed by atoms with Gasteiger partial charge in [-0.25, -0.2) is 8.42 Å². The van der Waals surface area contributed by atoms with Gasteiger partial charge in [-0.3, -0.25) is 0 Å². The molecule has 0 aromatic carbocycles. The van der Waals surface area contributed by atoms with Crippen LogP contribution in [-0.4, -0.2) is 36.9 Å². The zero-order valence-corrected chi connectivity index (χ0v) is 8.90. The smallest absolute Gasteiger partial charge is 0.211 e. The lowest BCUT2D eigenvalue weighted by atomic mass is 10.2. The van der Waals surface area contributed by atoms with E-state index in [4.69, 9.17) is 11.6 Å². The molecule has 1 aliphatic rings. The van der Waals surface area contributed by atoms with Crippen molar-refractivity contribution in [3.05, 3.63) is 0 Å². The molecule has 5 heteroatoms. The van der Waals surface area contributed by atoms with Gasteiger partial charge in [-0.15, -0.1) is 11.6 Å². The van der Waals surface area contributed by atoms with Crippen LogP contribution in [0.4, 0.5) is 0 Å². The van der Waals surface area contributed by atoms with E-state index in [0.29, 0.717) is 5.88 Å². The van der Waals surface area contributed by atoms with Gasteiger partial charge in [0, 0.05) is 18.0 Å². The van der Waals surface area contributed by atoms with Gasteiger partial charge in [0.1, 0.15) is 0 Å². The van der Waals surface area contributed by atoms with Crippen LogP contribution >= 0.6 is 11.6 Å². The molecule has 1 rings (SSSR count). The van der Waals surface area contributed by atoms with Crippen LogP contribution in [0.1, 0.15) is 19.8 Å². The lowest BCUT2D eigenvalue weighted by Gasteiger charge is -2.24. The Balaban J connectivity index is 2.85. The second-order valence-electron chi connectivity index (χ2n) is 3.33. The van der Waals surface area contributed by atoms with Gasteiger partial charge in [-0.1, -0.05) is 0 Å². The van der Waals surface area contributed by atoms with E-state index in [0.717, 1.165) is 12.8 Å². The summed E-state index contributed by atoms with van der Waals surface area (Å²) in [7, 11) is -3.06. The van der Waals surface area contributed by atoms with Crippen molar-refractivity contribution in [2.75, 3.05) is 12.1 Å². The van der Waals surface area contributed by atoms with Crippen molar-refractivity contribution < 1.29 is 8.42 Å². The first-order valence-electron chi connectivity index (χ1n) is 4.01. The number of hydrogen-bond acceptors (Lipinski definition) is 2. The van der Waals surface area contributed by atoms with E-state index >= 15 is 0 Å². The molecule has 0 amide bonds. The van der Waals surface area contributed by atoms with E-state index in [1.54, 1.807) is 0 Å². The fourth-order valence-electron chi connectivity index (χ4n) is 1.79. The number of hydrogen-bond donors (Lipinski definition) is 0. The second-order valence-corrected chi connectivity index (χ2v) is 5.52. The zero-order valence-electron chi connectivity index (χ0n) is 7.33. The fourth-order valence-corrected chi connectivity index (χ4v) is 3.66. The Hall–Kier alpha value is 0.200. The number of rotatable bonds is 2. The van der Waals surface area contributed by atoms with Gasteiger partial charge in [0.05, 0.1) is 6.26 Å². The molecular weight excluding hydrogens is 198 g/mol. The highest BCUT2D eigenvalue weighted by Gasteiger charge is 2.36. The molecule has 0 aromatic heterocycles. The van der Waals surface area contributed by atoms with Crippen molar-refractivity contribution in [1.82, 2.24) is 4.31 Å². The Morgan fingerprint density at radius 1 is 1.50 bits per heavy atom. The van der Waals surface area contributed by atoms with Gasteiger partial charge in [-0.05, 0) is 19.8 Å². The maximum Gasteiger partial charge on any atom is 0.211 e. The molecule has 1 fully saturated rings. The molecule has 0 aromatic rings. The van der Waals surface area contributed by atoms with Crippen molar-refractivity contribution >= 4 is 21.6 Å². The largest absolute Gasteiger partial charge is 0.212 e. The average molecular weight is 212 g/mol. The molecule has 0 radical (unpaired) electrons. The van der Waals surface area contributed by atoms with Crippen molar-refractivity contribution in [2.24, 2.45) is 0 Å². The summed E-state index contributed by atoms with van der Waals surface area (Å²) in [6.45, 7) is 1.92. The Kier molecular flexibility index (Phi) is 3.01. The van der Waals surface area contributed by atoms with Crippen LogP contribution in [0.5, 0.6) is 0 Å². The highest BCUT2D eigenvalue weighted by atomic mass is 35.5. The molecule has 0 saturated carbocycles. The minimum absolute atomic E-state index is 0.0108. The molecule has 1 heterocycles. The third-order valence-corrected chi connectivity index (χ3v) is 4.05. The highest BCUT2D eigenvalue weighted by molar-refractivity contribution is 7.88. The monoisotopic (exact) mass is 211 g/mol. The van der Waals surface area contributed by atoms with E-state index in [-0.39, 0.29) is 12.1 Å². The lowest BCUT2D eigenvalue weighted by Crippen LogP contribution is -2.39. The average Bonchev–Trinajstić information content (AvgIpc) is 2.29. The first-order chi connectivity index (χ1) is 5.46. The van der Waals surface area contributed by atoms with Crippen LogP contribution < -0.4 is 0 Å². The fraction of sp³-hybridized carbons (Fsp3) is 1.00. The number of halogens is 1. The molecule has 0 N–H and O–H groups in total. The van der Waals surface area contributed by atoms with E-state index in [1.807, 2.05) is 6.92 Å². The van der Waals surface area contributed by atoms with Gasteiger partial charge in [-0.2, -0.15) is 4.31 Å². The van der Waals surface area contributed by atoms with Crippen molar-refractivity contribution in [1.29, 1.82) is 0 Å². The summed E-state index contributed by atoms with van der Waals surface area (Å²) in [6.07, 6.45) is 3.05. The quantitative estimate of drug-likeness (QED) is 0.640. The molecule has 2 atom stereocenters. The van der Waals surface area contributed by atoms with Gasteiger partial charge in [0.2, 0.25) is 10.0 Å². The molecule has 0 spiro atoms. The van der Waals surface area contributed by atoms with Gasteiger partial charge in [0.25, 0.3) is 0 Å². The number of alkyl halides is 1. The normalized spacial score (nSPS) is 32.6. The highest BCUT2D eigenvalue weighted by Crippen LogP contribution is 2.26. The van der Waals surface area contributed by atoms with Crippen LogP contribution in [0, 0.1) is 0 Å². The van der Waals surface area contributed by atoms with Crippen LogP contribution in [0.25, 0.3) is 0 Å². The summed E-state index contributed by atoms with van der Waals surface area (Å²) in [5, 5.41) is 0. The summed E-state index contributed by atoms with van der Waals surface area (Å²) in [5.41, 5.74) is 0. The summed E-state index contributed by atoms with van der Waals surface area (Å²) < 4.78 is 24.1. The van der Waals surface area contributed by atoms with E-state index in [2.05, 4.69) is 0 Å². The van der Waals surface area contributed by atoms with E-state index < -0.39 is 10.0 Å². The molecule has 0 bridgehead atoms. The predicted octanol–water partition coefficient (Wildman–Crippen LogP) is 1.04. The Morgan fingerprint density at radius 3 is 2.42 bits per heavy atom. The van der Waals surface area contributed by atoms with Crippen molar-refractivity contribution in [2.45, 2.75) is 31.8 Å². The predicted molar refractivity (Wildman–Crippen MR) is 49.9 cm³/mol. The molecule has 72 valence electrons. The molecule has 1 saturated heterocycles. The summed E-state index contributed by atoms with van der Waals surface area (Å²) in [6, 6.07) is 0.125. The topological polar surface area (TPSA) is 37.4 Å². The van der Waals surface area contributed by atoms with Crippen molar-refractivity contribution in [3.63, 3.8) is 0 Å². The molecule has 1 aliphatic heterocycles. The minimum atomic E-state index is -3.06. The minimum Gasteiger partial charge on any atom is -0.212 e. The summed E-state index contributed by atoms with van der Waals surface area (Å²) >= 11 is 5.67. The molecule has 2 unspecified atom stereocenters. The first kappa shape index (κ1) is 10.3. The van der Waals surface area contributed by atoms with Gasteiger partial charge >= 0.3 is 0 Å². The van der Waals surface area contributed by atoms with Crippen LogP contribution in [0.15, 0.2) is 0 Å². The molecular formula is C7H14ClNO2S. The maximum atomic E-state index is 11.3. The van der Waals surface area contributed by atoms with Crippen LogP contribution in [0.3, 0.4) is 0 Å². The zero-order chi connectivity index (χ0) is 9.35. The van der Waals surface area contributed by atoms with Gasteiger partial charge < -0.3 is 0 Å². The third-order valence-electron chi connectivity index (χ3n) is 2.27. The van der Waals surface area contributed by atoms with Crippen LogP contribution in [0.2, 0.25) is 0 Å². The number of sulfonamides is 1. The Morgan fingerprint density at radius 2 is 2.08 bits per heavy atom. The van der Waals surface area contributed by atoms with E-state index in [9.17, 15) is 8.42 Å². The summed E-state index contributed by atoms with van der Waals surface area (Å²) in [4.78, 5) is 0. The standard InChI is InChI=1S/C7H14ClNO2S/c1-6-3-4-7(5-8)9(6)12(2,10)11/h6-7H,3-5H2,1-2H3. The SMILES string of the molecule is CC1CCC(CCl)N1S(C)(=O)=O. The Labute approximate surface area is 78.7 Å². The molecule has 12 heavy (non-hydrogen) atoms. The third kappa shape index (κ3) is 1.92. The molecule has 0 aliphatic carbocycles. The van der Waals surface area contributed by atoms with Gasteiger partial charge in [0.15, 0.2) is 0 Å². The molecule has 3 nitrogen and oxygen atoms in total.